The van der Waals surface area contributed by atoms with Crippen molar-refractivity contribution in [1.82, 2.24) is 20.2 Å². The third-order valence-electron chi connectivity index (χ3n) is 5.28. The van der Waals surface area contributed by atoms with E-state index in [-0.39, 0.29) is 17.3 Å². The minimum Gasteiger partial charge on any atom is -0.355 e. The summed E-state index contributed by atoms with van der Waals surface area (Å²) in [5.41, 5.74) is 1.76. The molecule has 2 aromatic heterocycles. The molecule has 31 heavy (non-hydrogen) atoms. The van der Waals surface area contributed by atoms with Crippen molar-refractivity contribution in [3.63, 3.8) is 0 Å². The van der Waals surface area contributed by atoms with E-state index in [1.807, 2.05) is 20.8 Å². The van der Waals surface area contributed by atoms with Crippen molar-refractivity contribution in [3.05, 3.63) is 41.8 Å². The Morgan fingerprint density at radius 3 is 2.65 bits per heavy atom. The number of hydrogen-bond acceptors (Lipinski definition) is 6. The maximum atomic E-state index is 13.4. The first-order chi connectivity index (χ1) is 14.8. The first-order valence-corrected chi connectivity index (χ1v) is 11.4. The Bertz CT molecular complexity index is 1060. The monoisotopic (exact) mass is 441 g/mol. The number of carbonyl (C=O) groups is 1. The van der Waals surface area contributed by atoms with E-state index in [2.05, 4.69) is 30.5 Å². The molecule has 0 radical (unpaired) electrons. The smallest absolute Gasteiger partial charge is 0.234 e. The third kappa shape index (κ3) is 5.19. The van der Waals surface area contributed by atoms with Gasteiger partial charge in [0, 0.05) is 42.7 Å². The maximum Gasteiger partial charge on any atom is 0.234 e. The van der Waals surface area contributed by atoms with E-state index in [4.69, 9.17) is 0 Å². The van der Waals surface area contributed by atoms with Crippen LogP contribution in [0.2, 0.25) is 0 Å². The number of rotatable bonds is 4. The van der Waals surface area contributed by atoms with E-state index in [1.54, 1.807) is 29.8 Å². The van der Waals surface area contributed by atoms with Gasteiger partial charge in [0.2, 0.25) is 5.91 Å². The second-order valence-corrected chi connectivity index (χ2v) is 9.81. The predicted octanol–water partition coefficient (Wildman–Crippen LogP) is 3.92. The fourth-order valence-electron chi connectivity index (χ4n) is 3.94. The molecule has 0 bridgehead atoms. The average molecular weight is 442 g/mol. The molecule has 0 spiro atoms. The van der Waals surface area contributed by atoms with Crippen LogP contribution >= 0.6 is 11.3 Å². The van der Waals surface area contributed by atoms with Crippen molar-refractivity contribution in [2.45, 2.75) is 32.7 Å². The second kappa shape index (κ2) is 8.88. The molecule has 164 valence electrons. The lowest BCUT2D eigenvalue weighted by molar-refractivity contribution is -0.123. The zero-order valence-electron chi connectivity index (χ0n) is 18.2. The van der Waals surface area contributed by atoms with Gasteiger partial charge in [0.15, 0.2) is 0 Å². The van der Waals surface area contributed by atoms with Crippen LogP contribution in [0.25, 0.3) is 21.3 Å². The lowest BCUT2D eigenvalue weighted by atomic mass is 10.1. The average Bonchev–Trinajstić information content (AvgIpc) is 3.00. The SMILES string of the molecule is CC(C)(C)NC(=O)CN1CCCN(c2ncnc3scc(-c4ccc(F)cc4)c23)CC1. The van der Waals surface area contributed by atoms with Crippen LogP contribution in [0.15, 0.2) is 36.0 Å². The van der Waals surface area contributed by atoms with Gasteiger partial charge in [0.05, 0.1) is 11.9 Å². The zero-order chi connectivity index (χ0) is 22.0. The van der Waals surface area contributed by atoms with Gasteiger partial charge in [-0.05, 0) is 44.9 Å². The van der Waals surface area contributed by atoms with Crippen LogP contribution in [0.4, 0.5) is 10.2 Å². The molecule has 3 heterocycles. The van der Waals surface area contributed by atoms with Crippen molar-refractivity contribution in [2.24, 2.45) is 0 Å². The van der Waals surface area contributed by atoms with Gasteiger partial charge in [0.25, 0.3) is 0 Å². The summed E-state index contributed by atoms with van der Waals surface area (Å²) in [6.07, 6.45) is 2.56. The van der Waals surface area contributed by atoms with Crippen LogP contribution in [-0.4, -0.2) is 59.0 Å². The number of hydrogen-bond donors (Lipinski definition) is 1. The van der Waals surface area contributed by atoms with Gasteiger partial charge in [0.1, 0.15) is 22.8 Å². The molecule has 4 rings (SSSR count). The summed E-state index contributed by atoms with van der Waals surface area (Å²) in [7, 11) is 0. The van der Waals surface area contributed by atoms with E-state index in [0.717, 1.165) is 59.8 Å². The number of carbonyl (C=O) groups excluding carboxylic acids is 1. The summed E-state index contributed by atoms with van der Waals surface area (Å²) < 4.78 is 13.4. The number of nitrogens with zero attached hydrogens (tertiary/aromatic N) is 4. The standard InChI is InChI=1S/C23H28FN5OS/c1-23(2,3)27-19(30)13-28-9-4-10-29(12-11-28)21-20-18(14-31-22(20)26-15-25-21)16-5-7-17(24)8-6-16/h5-8,14-15H,4,9-13H2,1-3H3,(H,27,30). The van der Waals surface area contributed by atoms with Gasteiger partial charge in [-0.2, -0.15) is 0 Å². The Kier molecular flexibility index (Phi) is 6.20. The number of benzene rings is 1. The number of anilines is 1. The molecule has 0 aliphatic carbocycles. The minimum atomic E-state index is -0.247. The molecule has 1 aliphatic rings. The fraction of sp³-hybridized carbons (Fsp3) is 0.435. The van der Waals surface area contributed by atoms with E-state index >= 15 is 0 Å². The van der Waals surface area contributed by atoms with Crippen LogP contribution in [0, 0.1) is 5.82 Å². The van der Waals surface area contributed by atoms with Gasteiger partial charge >= 0.3 is 0 Å². The highest BCUT2D eigenvalue weighted by Crippen LogP contribution is 2.38. The third-order valence-corrected chi connectivity index (χ3v) is 6.16. The van der Waals surface area contributed by atoms with E-state index < -0.39 is 0 Å². The van der Waals surface area contributed by atoms with Crippen molar-refractivity contribution in [3.8, 4) is 11.1 Å². The first-order valence-electron chi connectivity index (χ1n) is 10.6. The normalized spacial score (nSPS) is 15.8. The van der Waals surface area contributed by atoms with Gasteiger partial charge in [-0.25, -0.2) is 14.4 Å². The number of nitrogens with one attached hydrogen (secondary N) is 1. The maximum absolute atomic E-state index is 13.4. The van der Waals surface area contributed by atoms with Crippen LogP contribution < -0.4 is 10.2 Å². The van der Waals surface area contributed by atoms with Crippen molar-refractivity contribution in [2.75, 3.05) is 37.6 Å². The number of amides is 1. The molecule has 1 amide bonds. The summed E-state index contributed by atoms with van der Waals surface area (Å²) in [6, 6.07) is 6.56. The molecule has 6 nitrogen and oxygen atoms in total. The summed E-state index contributed by atoms with van der Waals surface area (Å²) >= 11 is 1.58. The molecule has 0 unspecified atom stereocenters. The number of aromatic nitrogens is 2. The Morgan fingerprint density at radius 1 is 1.13 bits per heavy atom. The van der Waals surface area contributed by atoms with Crippen molar-refractivity contribution >= 4 is 33.3 Å². The van der Waals surface area contributed by atoms with Crippen molar-refractivity contribution in [1.29, 1.82) is 0 Å². The molecule has 1 aliphatic heterocycles. The summed E-state index contributed by atoms with van der Waals surface area (Å²) in [5.74, 6) is 0.719. The second-order valence-electron chi connectivity index (χ2n) is 8.95. The lowest BCUT2D eigenvalue weighted by Gasteiger charge is -2.25. The van der Waals surface area contributed by atoms with E-state index in [9.17, 15) is 9.18 Å². The van der Waals surface area contributed by atoms with Gasteiger partial charge in [-0.1, -0.05) is 12.1 Å². The molecule has 1 fully saturated rings. The number of fused-ring (bicyclic) bond motifs is 1. The zero-order valence-corrected chi connectivity index (χ0v) is 19.0. The summed E-state index contributed by atoms with van der Waals surface area (Å²) in [6.45, 7) is 9.70. The molecule has 1 N–H and O–H groups in total. The van der Waals surface area contributed by atoms with Crippen LogP contribution in [-0.2, 0) is 4.79 Å². The van der Waals surface area contributed by atoms with Gasteiger partial charge in [-0.3, -0.25) is 9.69 Å². The lowest BCUT2D eigenvalue weighted by Crippen LogP contribution is -2.46. The number of thiophene rings is 1. The molecule has 3 aromatic rings. The molecule has 0 atom stereocenters. The fourth-order valence-corrected chi connectivity index (χ4v) is 4.85. The number of halogens is 1. The highest BCUT2D eigenvalue weighted by Gasteiger charge is 2.23. The summed E-state index contributed by atoms with van der Waals surface area (Å²) in [4.78, 5) is 26.8. The minimum absolute atomic E-state index is 0.0572. The quantitative estimate of drug-likeness (QED) is 0.665. The molecular weight excluding hydrogens is 413 g/mol. The highest BCUT2D eigenvalue weighted by molar-refractivity contribution is 7.17. The summed E-state index contributed by atoms with van der Waals surface area (Å²) in [5, 5.41) is 6.12. The topological polar surface area (TPSA) is 61.4 Å². The Balaban J connectivity index is 1.55. The van der Waals surface area contributed by atoms with Crippen molar-refractivity contribution < 1.29 is 9.18 Å². The predicted molar refractivity (Wildman–Crippen MR) is 124 cm³/mol. The van der Waals surface area contributed by atoms with Crippen LogP contribution in [0.1, 0.15) is 27.2 Å². The first kappa shape index (κ1) is 21.6. The van der Waals surface area contributed by atoms with Crippen LogP contribution in [0.5, 0.6) is 0 Å². The van der Waals surface area contributed by atoms with Gasteiger partial charge in [-0.15, -0.1) is 11.3 Å². The largest absolute Gasteiger partial charge is 0.355 e. The van der Waals surface area contributed by atoms with Crippen LogP contribution in [0.3, 0.4) is 0 Å². The van der Waals surface area contributed by atoms with E-state index in [0.29, 0.717) is 6.54 Å². The van der Waals surface area contributed by atoms with Gasteiger partial charge < -0.3 is 10.2 Å². The Labute approximate surface area is 186 Å². The Hall–Kier alpha value is -2.58. The highest BCUT2D eigenvalue weighted by atomic mass is 32.1. The molecule has 8 heteroatoms. The molecular formula is C23H28FN5OS. The van der Waals surface area contributed by atoms with E-state index in [1.165, 1.54) is 12.1 Å². The molecule has 0 saturated carbocycles. The molecule has 1 aromatic carbocycles. The molecule has 1 saturated heterocycles. The Morgan fingerprint density at radius 2 is 1.90 bits per heavy atom.